The Balaban J connectivity index is 2.81. The van der Waals surface area contributed by atoms with E-state index in [0.29, 0.717) is 11.5 Å². The van der Waals surface area contributed by atoms with E-state index in [1.54, 1.807) is 0 Å². The van der Waals surface area contributed by atoms with Crippen LogP contribution in [0.1, 0.15) is 0 Å². The second-order valence-electron chi connectivity index (χ2n) is 4.51. The van der Waals surface area contributed by atoms with Gasteiger partial charge in [0.05, 0.1) is 0 Å². The van der Waals surface area contributed by atoms with Crippen molar-refractivity contribution in [2.45, 2.75) is 14.8 Å². The number of aromatic amines is 1. The predicted molar refractivity (Wildman–Crippen MR) is 63.5 cm³/mol. The van der Waals surface area contributed by atoms with Crippen LogP contribution >= 0.6 is 0 Å². The summed E-state index contributed by atoms with van der Waals surface area (Å²) in [7, 11) is 0. The monoisotopic (exact) mass is 314 g/mol. The number of hydrogen-bond acceptors (Lipinski definition) is 5. The van der Waals surface area contributed by atoms with Gasteiger partial charge in [0, 0.05) is 0 Å². The molecule has 2 aromatic heterocycles. The SMILES string of the molecule is [CH3][Sn]([CH3])([CH3])[c]1[nH]nc2nc(N)nc(N)c12. The number of rotatable bonds is 1. The van der Waals surface area contributed by atoms with Crippen molar-refractivity contribution in [1.82, 2.24) is 20.2 Å². The molecule has 0 atom stereocenters. The molecular weight excluding hydrogens is 299 g/mol. The quantitative estimate of drug-likeness (QED) is 0.646. The molecule has 2 aromatic rings. The Kier molecular flexibility index (Phi) is 2.25. The molecule has 7 heteroatoms. The summed E-state index contributed by atoms with van der Waals surface area (Å²) in [5.41, 5.74) is 11.9. The third-order valence-corrected chi connectivity index (χ3v) is 7.52. The van der Waals surface area contributed by atoms with Gasteiger partial charge in [-0.15, -0.1) is 0 Å². The summed E-state index contributed by atoms with van der Waals surface area (Å²) < 4.78 is 1.14. The summed E-state index contributed by atoms with van der Waals surface area (Å²) >= 11 is -2.25. The van der Waals surface area contributed by atoms with Crippen LogP contribution in [-0.4, -0.2) is 38.5 Å². The topological polar surface area (TPSA) is 106 Å². The van der Waals surface area contributed by atoms with Crippen molar-refractivity contribution in [2.75, 3.05) is 11.5 Å². The Morgan fingerprint density at radius 1 is 1.13 bits per heavy atom. The Morgan fingerprint density at radius 2 is 1.80 bits per heavy atom. The van der Waals surface area contributed by atoms with Gasteiger partial charge in [-0.25, -0.2) is 0 Å². The minimum atomic E-state index is -2.25. The summed E-state index contributed by atoms with van der Waals surface area (Å²) in [6.07, 6.45) is 0. The molecule has 0 unspecified atom stereocenters. The number of nitrogens with one attached hydrogen (secondary N) is 1. The molecule has 0 fully saturated rings. The number of hydrogen-bond donors (Lipinski definition) is 3. The second-order valence-corrected chi connectivity index (χ2v) is 18.8. The van der Waals surface area contributed by atoms with Crippen molar-refractivity contribution < 1.29 is 0 Å². The van der Waals surface area contributed by atoms with E-state index in [1.807, 2.05) is 0 Å². The summed E-state index contributed by atoms with van der Waals surface area (Å²) in [5.74, 6) is 0.593. The average molecular weight is 313 g/mol. The zero-order chi connectivity index (χ0) is 11.2. The van der Waals surface area contributed by atoms with Crippen LogP contribution in [0.2, 0.25) is 14.8 Å². The summed E-state index contributed by atoms with van der Waals surface area (Å²) in [4.78, 5) is 14.8. The van der Waals surface area contributed by atoms with E-state index in [-0.39, 0.29) is 5.95 Å². The van der Waals surface area contributed by atoms with Gasteiger partial charge in [0.2, 0.25) is 0 Å². The number of fused-ring (bicyclic) bond motifs is 1. The van der Waals surface area contributed by atoms with Crippen molar-refractivity contribution in [3.8, 4) is 0 Å². The van der Waals surface area contributed by atoms with Crippen LogP contribution in [0.3, 0.4) is 0 Å². The van der Waals surface area contributed by atoms with E-state index in [0.717, 1.165) is 9.10 Å². The predicted octanol–water partition coefficient (Wildman–Crippen LogP) is 0.0625. The number of anilines is 2. The molecule has 6 nitrogen and oxygen atoms in total. The van der Waals surface area contributed by atoms with E-state index in [2.05, 4.69) is 35.0 Å². The molecule has 0 aliphatic heterocycles. The minimum absolute atomic E-state index is 0.169. The molecule has 2 heterocycles. The third-order valence-electron chi connectivity index (χ3n) is 2.21. The first kappa shape index (κ1) is 10.5. The molecule has 0 radical (unpaired) electrons. The van der Waals surface area contributed by atoms with Gasteiger partial charge in [-0.05, 0) is 0 Å². The molecule has 0 amide bonds. The Labute approximate surface area is 91.3 Å². The first-order valence-corrected chi connectivity index (χ1v) is 14.7. The molecular formula is C8H14N6Sn. The molecule has 0 aliphatic rings. The molecule has 0 aromatic carbocycles. The number of aromatic nitrogens is 4. The van der Waals surface area contributed by atoms with Crippen LogP contribution in [0.25, 0.3) is 11.0 Å². The molecule has 80 valence electrons. The zero-order valence-electron chi connectivity index (χ0n) is 9.00. The van der Waals surface area contributed by atoms with Crippen molar-refractivity contribution >= 4 is 44.9 Å². The number of nitrogens with two attached hydrogens (primary N) is 2. The molecule has 2 rings (SSSR count). The van der Waals surface area contributed by atoms with Crippen molar-refractivity contribution in [3.63, 3.8) is 0 Å². The van der Waals surface area contributed by atoms with Gasteiger partial charge in [0.25, 0.3) is 0 Å². The van der Waals surface area contributed by atoms with Gasteiger partial charge in [0.15, 0.2) is 0 Å². The standard InChI is InChI=1S/C5H5N6.3CH3.Sn/c6-3-2-1-8-11-4(2)10-5(7)9-3;;;;/h(H5,6,7,8,9,10,11);3*1H3;. The van der Waals surface area contributed by atoms with Crippen molar-refractivity contribution in [2.24, 2.45) is 0 Å². The van der Waals surface area contributed by atoms with Gasteiger partial charge in [0.1, 0.15) is 0 Å². The van der Waals surface area contributed by atoms with Crippen LogP contribution in [0, 0.1) is 0 Å². The Hall–Kier alpha value is -1.05. The molecule has 0 bridgehead atoms. The van der Waals surface area contributed by atoms with Crippen molar-refractivity contribution in [1.29, 1.82) is 0 Å². The van der Waals surface area contributed by atoms with Crippen LogP contribution < -0.4 is 15.2 Å². The third kappa shape index (κ3) is 1.73. The Bertz CT molecular complexity index is 512. The van der Waals surface area contributed by atoms with Crippen molar-refractivity contribution in [3.05, 3.63) is 0 Å². The van der Waals surface area contributed by atoms with Gasteiger partial charge >= 0.3 is 91.3 Å². The molecule has 0 aliphatic carbocycles. The maximum atomic E-state index is 5.84. The zero-order valence-corrected chi connectivity index (χ0v) is 11.9. The fourth-order valence-corrected chi connectivity index (χ4v) is 5.45. The average Bonchev–Trinajstić information content (AvgIpc) is 2.45. The van der Waals surface area contributed by atoms with E-state index in [1.165, 1.54) is 0 Å². The molecule has 0 saturated carbocycles. The number of H-pyrrole nitrogens is 1. The Morgan fingerprint density at radius 3 is 2.40 bits per heavy atom. The number of nitrogen functional groups attached to an aromatic ring is 2. The first-order valence-electron chi connectivity index (χ1n) is 4.67. The fourth-order valence-electron chi connectivity index (χ4n) is 1.51. The molecule has 15 heavy (non-hydrogen) atoms. The molecule has 0 saturated heterocycles. The van der Waals surface area contributed by atoms with E-state index in [4.69, 9.17) is 11.5 Å². The van der Waals surface area contributed by atoms with Crippen LogP contribution in [0.5, 0.6) is 0 Å². The van der Waals surface area contributed by atoms with Gasteiger partial charge in [-0.1, -0.05) is 0 Å². The van der Waals surface area contributed by atoms with E-state index in [9.17, 15) is 0 Å². The van der Waals surface area contributed by atoms with Gasteiger partial charge < -0.3 is 0 Å². The summed E-state index contributed by atoms with van der Waals surface area (Å²) in [5, 5.41) is 8.00. The maximum absolute atomic E-state index is 5.84. The second kappa shape index (κ2) is 3.22. The van der Waals surface area contributed by atoms with Crippen LogP contribution in [0.4, 0.5) is 11.8 Å². The number of nitrogens with zero attached hydrogens (tertiary/aromatic N) is 3. The first-order chi connectivity index (χ1) is 6.89. The normalized spacial score (nSPS) is 12.2. The molecule has 0 spiro atoms. The van der Waals surface area contributed by atoms with E-state index < -0.39 is 18.4 Å². The molecule has 5 N–H and O–H groups in total. The van der Waals surface area contributed by atoms with Gasteiger partial charge in [-0.3, -0.25) is 0 Å². The van der Waals surface area contributed by atoms with Gasteiger partial charge in [-0.2, -0.15) is 0 Å². The summed E-state index contributed by atoms with van der Waals surface area (Å²) in [6, 6.07) is 0. The fraction of sp³-hybridized carbons (Fsp3) is 0.375. The van der Waals surface area contributed by atoms with Crippen LogP contribution in [-0.2, 0) is 0 Å². The summed E-state index contributed by atoms with van der Waals surface area (Å²) in [6.45, 7) is 0. The van der Waals surface area contributed by atoms with E-state index >= 15 is 0 Å². The van der Waals surface area contributed by atoms with Crippen LogP contribution in [0.15, 0.2) is 0 Å².